The summed E-state index contributed by atoms with van der Waals surface area (Å²) >= 11 is 0. The van der Waals surface area contributed by atoms with Crippen LogP contribution in [0.25, 0.3) is 6.08 Å². The molecule has 46 heavy (non-hydrogen) atoms. The number of carbonyl (C=O) groups is 1. The summed E-state index contributed by atoms with van der Waals surface area (Å²) < 4.78 is 48.4. The van der Waals surface area contributed by atoms with Crippen LogP contribution in [-0.4, -0.2) is 93.2 Å². The fourth-order valence-corrected chi connectivity index (χ4v) is 5.30. The summed E-state index contributed by atoms with van der Waals surface area (Å²) in [6.07, 6.45) is -7.15. The number of aromatic hydroxyl groups is 1. The van der Waals surface area contributed by atoms with Crippen molar-refractivity contribution in [2.45, 2.75) is 75.5 Å². The number of halogens is 2. The van der Waals surface area contributed by atoms with Crippen LogP contribution in [0.4, 0.5) is 8.78 Å². The number of phenols is 1. The minimum absolute atomic E-state index is 0.00623. The van der Waals surface area contributed by atoms with Crippen LogP contribution in [0.1, 0.15) is 25.0 Å². The third-order valence-electron chi connectivity index (χ3n) is 7.88. The number of allylic oxidation sites excluding steroid dienone is 1. The van der Waals surface area contributed by atoms with Crippen molar-refractivity contribution in [1.82, 2.24) is 10.8 Å². The van der Waals surface area contributed by atoms with E-state index in [0.29, 0.717) is 11.1 Å². The average molecular weight is 652 g/mol. The van der Waals surface area contributed by atoms with Crippen molar-refractivity contribution >= 4 is 12.0 Å². The van der Waals surface area contributed by atoms with Gasteiger partial charge in [0.2, 0.25) is 5.91 Å². The molecule has 9 atom stereocenters. The molecule has 1 aliphatic carbocycles. The maximum Gasteiger partial charge on any atom is 0.258 e. The van der Waals surface area contributed by atoms with Gasteiger partial charge in [0.1, 0.15) is 49.5 Å². The number of amides is 1. The number of hydrogen-bond donors (Lipinski definition) is 8. The van der Waals surface area contributed by atoms with Crippen molar-refractivity contribution in [3.63, 3.8) is 0 Å². The van der Waals surface area contributed by atoms with Gasteiger partial charge in [-0.1, -0.05) is 12.1 Å². The highest BCUT2D eigenvalue weighted by Crippen LogP contribution is 2.34. The van der Waals surface area contributed by atoms with E-state index >= 15 is 0 Å². The maximum atomic E-state index is 13.4. The number of aliphatic hydroxyl groups excluding tert-OH is 4. The van der Waals surface area contributed by atoms with Crippen molar-refractivity contribution in [2.24, 2.45) is 5.73 Å². The Labute approximate surface area is 261 Å². The van der Waals surface area contributed by atoms with Crippen LogP contribution in [0.15, 0.2) is 53.4 Å². The molecule has 1 amide bonds. The number of benzene rings is 2. The summed E-state index contributed by atoms with van der Waals surface area (Å²) in [6.45, 7) is 2.72. The van der Waals surface area contributed by atoms with E-state index in [4.69, 9.17) is 29.5 Å². The van der Waals surface area contributed by atoms with E-state index in [1.807, 2.05) is 0 Å². The normalized spacial score (nSPS) is 32.0. The highest BCUT2D eigenvalue weighted by molar-refractivity contribution is 5.97. The van der Waals surface area contributed by atoms with Crippen LogP contribution in [0.2, 0.25) is 0 Å². The average Bonchev–Trinajstić information content (AvgIpc) is 3.62. The summed E-state index contributed by atoms with van der Waals surface area (Å²) in [7, 11) is 0. The van der Waals surface area contributed by atoms with Crippen LogP contribution in [0.5, 0.6) is 11.5 Å². The zero-order valence-corrected chi connectivity index (χ0v) is 24.7. The molecule has 2 aromatic rings. The van der Waals surface area contributed by atoms with Crippen LogP contribution in [0, 0.1) is 11.6 Å². The Balaban J connectivity index is 1.18. The molecule has 2 saturated heterocycles. The first-order valence-corrected chi connectivity index (χ1v) is 14.2. The Bertz CT molecular complexity index is 1510. The minimum atomic E-state index is -1.51. The summed E-state index contributed by atoms with van der Waals surface area (Å²) in [6, 6.07) is 5.24. The molecule has 3 aliphatic rings. The predicted octanol–water partition coefficient (Wildman–Crippen LogP) is -0.227. The molecule has 14 nitrogen and oxygen atoms in total. The predicted molar refractivity (Wildman–Crippen MR) is 153 cm³/mol. The first-order chi connectivity index (χ1) is 21.8. The maximum absolute atomic E-state index is 13.4. The van der Waals surface area contributed by atoms with Gasteiger partial charge in [0.25, 0.3) is 6.29 Å². The molecule has 0 bridgehead atoms. The first kappa shape index (κ1) is 33.5. The molecule has 0 aromatic heterocycles. The van der Waals surface area contributed by atoms with Gasteiger partial charge in [0, 0.05) is 5.57 Å². The third kappa shape index (κ3) is 6.93. The lowest BCUT2D eigenvalue weighted by Gasteiger charge is -2.41. The number of rotatable bonds is 9. The Morgan fingerprint density at radius 1 is 1.02 bits per heavy atom. The molecule has 0 radical (unpaired) electrons. The van der Waals surface area contributed by atoms with E-state index in [-0.39, 0.29) is 41.9 Å². The van der Waals surface area contributed by atoms with Gasteiger partial charge in [0.05, 0.1) is 18.3 Å². The highest BCUT2D eigenvalue weighted by Gasteiger charge is 2.53. The van der Waals surface area contributed by atoms with Gasteiger partial charge in [-0.2, -0.15) is 0 Å². The lowest BCUT2D eigenvalue weighted by atomic mass is 9.83. The second kappa shape index (κ2) is 13.9. The number of fused-ring (bicyclic) bond motifs is 1. The number of hydroxylamine groups is 1. The van der Waals surface area contributed by atoms with Crippen LogP contribution < -0.4 is 21.3 Å². The number of aliphatic hydroxyl groups is 4. The van der Waals surface area contributed by atoms with Gasteiger partial charge in [-0.25, -0.2) is 8.78 Å². The lowest BCUT2D eigenvalue weighted by Crippen LogP contribution is -2.67. The molecule has 0 spiro atoms. The van der Waals surface area contributed by atoms with Crippen molar-refractivity contribution in [3.05, 3.63) is 76.2 Å². The number of hydrogen-bond acceptors (Lipinski definition) is 13. The molecule has 0 unspecified atom stereocenters. The Hall–Kier alpha value is -3.87. The number of ether oxygens (including phenoxy) is 4. The summed E-state index contributed by atoms with van der Waals surface area (Å²) in [5, 5.41) is 55.0. The van der Waals surface area contributed by atoms with Crippen molar-refractivity contribution < 1.29 is 62.9 Å². The summed E-state index contributed by atoms with van der Waals surface area (Å²) in [5.41, 5.74) is 9.78. The first-order valence-electron chi connectivity index (χ1n) is 14.2. The van der Waals surface area contributed by atoms with Gasteiger partial charge in [-0.15, -0.1) is 0 Å². The van der Waals surface area contributed by atoms with E-state index in [1.165, 1.54) is 44.2 Å². The molecular formula is C30H35F2N3O11. The largest absolute Gasteiger partial charge is 0.504 e. The summed E-state index contributed by atoms with van der Waals surface area (Å²) in [4.78, 5) is 18.2. The number of phenolic OH excluding ortho intramolecular Hbond substituents is 1. The Morgan fingerprint density at radius 3 is 2.43 bits per heavy atom. The standard InChI is InChI=1S/C30H35F2N3O11/c1-12(29(41)34-21-23(38)25(40)28-27(24(21)39)42-11-43-28)7-14-4-6-19(18(36)9-14)45-30-20(33)22(37)26(46-30)13(2)35-44-10-15-3-5-16(31)17(32)8-15/h3-9,20-25,27-28,30,35-40H,10-11,33H2,1-2H3,(H,34,41)/t20-,21-,22+,23+,24-,25-,27+,28-,30-/m1/s1. The second-order valence-electron chi connectivity index (χ2n) is 11.2. The van der Waals surface area contributed by atoms with E-state index < -0.39 is 72.5 Å². The number of nitrogens with one attached hydrogen (secondary N) is 2. The molecule has 1 saturated carbocycles. The van der Waals surface area contributed by atoms with Gasteiger partial charge in [-0.05, 0) is 55.3 Å². The van der Waals surface area contributed by atoms with Gasteiger partial charge < -0.3 is 55.5 Å². The molecule has 16 heteroatoms. The Morgan fingerprint density at radius 2 is 1.74 bits per heavy atom. The number of carbonyl (C=O) groups excluding carboxylic acids is 1. The zero-order valence-electron chi connectivity index (χ0n) is 24.7. The third-order valence-corrected chi connectivity index (χ3v) is 7.88. The van der Waals surface area contributed by atoms with Crippen LogP contribution in [0.3, 0.4) is 0 Å². The van der Waals surface area contributed by atoms with Crippen molar-refractivity contribution in [2.75, 3.05) is 6.79 Å². The molecule has 250 valence electrons. The van der Waals surface area contributed by atoms with Gasteiger partial charge in [0.15, 0.2) is 28.9 Å². The monoisotopic (exact) mass is 651 g/mol. The van der Waals surface area contributed by atoms with Crippen molar-refractivity contribution in [1.29, 1.82) is 0 Å². The van der Waals surface area contributed by atoms with E-state index in [2.05, 4.69) is 10.8 Å². The smallest absolute Gasteiger partial charge is 0.258 e. The fourth-order valence-electron chi connectivity index (χ4n) is 5.30. The Kier molecular flexibility index (Phi) is 10.1. The molecular weight excluding hydrogens is 616 g/mol. The summed E-state index contributed by atoms with van der Waals surface area (Å²) in [5.74, 6) is -3.02. The quantitative estimate of drug-likeness (QED) is 0.130. The van der Waals surface area contributed by atoms with E-state index in [0.717, 1.165) is 12.1 Å². The topological polar surface area (TPSA) is 214 Å². The lowest BCUT2D eigenvalue weighted by molar-refractivity contribution is -0.155. The fraction of sp³-hybridized carbons (Fsp3) is 0.433. The zero-order chi connectivity index (χ0) is 33.3. The molecule has 2 aliphatic heterocycles. The highest BCUT2D eigenvalue weighted by atomic mass is 19.2. The molecule has 9 N–H and O–H groups in total. The van der Waals surface area contributed by atoms with Gasteiger partial charge in [-0.3, -0.25) is 15.1 Å². The van der Waals surface area contributed by atoms with Crippen molar-refractivity contribution in [3.8, 4) is 11.5 Å². The molecule has 2 aromatic carbocycles. The SMILES string of the molecule is CC(=Cc1ccc(O[C@@H]2OC(=C(C)NOCc3ccc(F)c(F)c3)[C@@H](O)[C@H]2N)c(O)c1)C(=O)N[C@@H]1[C@H](O)[C@@H](O)[C@H]2OCO[C@H]2[C@@H]1O. The van der Waals surface area contributed by atoms with Gasteiger partial charge >= 0.3 is 0 Å². The van der Waals surface area contributed by atoms with Crippen LogP contribution in [-0.2, 0) is 30.4 Å². The van der Waals surface area contributed by atoms with E-state index in [1.54, 1.807) is 0 Å². The molecule has 3 fully saturated rings. The molecule has 5 rings (SSSR count). The van der Waals surface area contributed by atoms with E-state index in [9.17, 15) is 39.1 Å². The second-order valence-corrected chi connectivity index (χ2v) is 11.2. The minimum Gasteiger partial charge on any atom is -0.504 e. The number of nitrogens with two attached hydrogens (primary N) is 1. The van der Waals surface area contributed by atoms with Crippen LogP contribution >= 0.6 is 0 Å². The molecule has 2 heterocycles.